The Bertz CT molecular complexity index is 297. The topological polar surface area (TPSA) is 87.7 Å². The molecule has 21 heavy (non-hydrogen) atoms. The molecule has 0 aromatic rings. The van der Waals surface area contributed by atoms with Crippen molar-refractivity contribution in [1.82, 2.24) is 10.6 Å². The van der Waals surface area contributed by atoms with E-state index in [0.29, 0.717) is 19.4 Å². The van der Waals surface area contributed by atoms with Crippen LogP contribution in [0.5, 0.6) is 0 Å². The maximum Gasteiger partial charge on any atom is 0.326 e. The number of amides is 2. The number of carbonyl (C=O) groups is 2. The highest BCUT2D eigenvalue weighted by atomic mass is 16.5. The van der Waals surface area contributed by atoms with E-state index in [2.05, 4.69) is 17.6 Å². The summed E-state index contributed by atoms with van der Waals surface area (Å²) in [5.74, 6) is -1.02. The lowest BCUT2D eigenvalue weighted by Crippen LogP contribution is -2.48. The normalized spacial score (nSPS) is 13.5. The van der Waals surface area contributed by atoms with Gasteiger partial charge < -0.3 is 20.5 Å². The summed E-state index contributed by atoms with van der Waals surface area (Å²) in [6.45, 7) is 4.58. The van der Waals surface area contributed by atoms with Gasteiger partial charge in [-0.25, -0.2) is 9.59 Å². The van der Waals surface area contributed by atoms with Gasteiger partial charge in [-0.05, 0) is 26.2 Å². The van der Waals surface area contributed by atoms with E-state index in [1.165, 1.54) is 19.3 Å². The minimum Gasteiger partial charge on any atom is -0.480 e. The molecule has 0 rings (SSSR count). The SMILES string of the molecule is CCCCCCC(C)NC(=O)NC(CCCOC)C(=O)O. The lowest BCUT2D eigenvalue weighted by atomic mass is 10.1. The minimum atomic E-state index is -1.02. The van der Waals surface area contributed by atoms with Gasteiger partial charge in [0.05, 0.1) is 0 Å². The number of aliphatic carboxylic acids is 1. The molecule has 2 atom stereocenters. The molecule has 0 spiro atoms. The maximum absolute atomic E-state index is 11.8. The number of hydrogen-bond donors (Lipinski definition) is 3. The molecule has 0 fully saturated rings. The molecule has 0 aliphatic rings. The van der Waals surface area contributed by atoms with Gasteiger partial charge in [-0.1, -0.05) is 32.6 Å². The first-order valence-corrected chi connectivity index (χ1v) is 7.80. The van der Waals surface area contributed by atoms with Crippen molar-refractivity contribution in [3.8, 4) is 0 Å². The van der Waals surface area contributed by atoms with E-state index in [4.69, 9.17) is 9.84 Å². The molecule has 0 aromatic carbocycles. The molecule has 6 nitrogen and oxygen atoms in total. The lowest BCUT2D eigenvalue weighted by Gasteiger charge is -2.18. The van der Waals surface area contributed by atoms with Crippen LogP contribution < -0.4 is 10.6 Å². The second kappa shape index (κ2) is 12.4. The van der Waals surface area contributed by atoms with E-state index < -0.39 is 18.0 Å². The summed E-state index contributed by atoms with van der Waals surface area (Å²) >= 11 is 0. The second-order valence-electron chi connectivity index (χ2n) is 5.39. The Labute approximate surface area is 127 Å². The van der Waals surface area contributed by atoms with Crippen molar-refractivity contribution < 1.29 is 19.4 Å². The number of ether oxygens (including phenoxy) is 1. The summed E-state index contributed by atoms with van der Waals surface area (Å²) in [7, 11) is 1.57. The van der Waals surface area contributed by atoms with Crippen LogP contribution in [0, 0.1) is 0 Å². The van der Waals surface area contributed by atoms with E-state index in [0.717, 1.165) is 12.8 Å². The molecule has 0 aliphatic carbocycles. The fourth-order valence-electron chi connectivity index (χ4n) is 2.06. The van der Waals surface area contributed by atoms with E-state index in [-0.39, 0.29) is 6.04 Å². The van der Waals surface area contributed by atoms with Gasteiger partial charge >= 0.3 is 12.0 Å². The predicted octanol–water partition coefficient (Wildman–Crippen LogP) is 2.52. The van der Waals surface area contributed by atoms with Gasteiger partial charge in [-0.3, -0.25) is 0 Å². The number of methoxy groups -OCH3 is 1. The summed E-state index contributed by atoms with van der Waals surface area (Å²) < 4.78 is 4.88. The van der Waals surface area contributed by atoms with E-state index in [9.17, 15) is 9.59 Å². The third kappa shape index (κ3) is 11.1. The van der Waals surface area contributed by atoms with E-state index >= 15 is 0 Å². The van der Waals surface area contributed by atoms with Crippen molar-refractivity contribution in [1.29, 1.82) is 0 Å². The second-order valence-corrected chi connectivity index (χ2v) is 5.39. The first-order valence-electron chi connectivity index (χ1n) is 7.80. The van der Waals surface area contributed by atoms with Crippen LogP contribution in [0.25, 0.3) is 0 Å². The van der Waals surface area contributed by atoms with Crippen LogP contribution in [0.2, 0.25) is 0 Å². The Kier molecular flexibility index (Phi) is 11.7. The molecule has 2 unspecified atom stereocenters. The average Bonchev–Trinajstić information content (AvgIpc) is 2.42. The summed E-state index contributed by atoms with van der Waals surface area (Å²) in [6, 6.07) is -1.23. The highest BCUT2D eigenvalue weighted by Crippen LogP contribution is 2.05. The van der Waals surface area contributed by atoms with Crippen molar-refractivity contribution in [3.63, 3.8) is 0 Å². The third-order valence-corrected chi connectivity index (χ3v) is 3.31. The van der Waals surface area contributed by atoms with Crippen molar-refractivity contribution in [2.75, 3.05) is 13.7 Å². The van der Waals surface area contributed by atoms with Gasteiger partial charge in [0.2, 0.25) is 0 Å². The average molecular weight is 302 g/mol. The third-order valence-electron chi connectivity index (χ3n) is 3.31. The molecule has 0 heterocycles. The van der Waals surface area contributed by atoms with Crippen LogP contribution in [0.3, 0.4) is 0 Å². The van der Waals surface area contributed by atoms with Crippen LogP contribution in [-0.4, -0.2) is 42.9 Å². The van der Waals surface area contributed by atoms with Crippen molar-refractivity contribution in [2.45, 2.75) is 70.9 Å². The van der Waals surface area contributed by atoms with Crippen LogP contribution in [0.15, 0.2) is 0 Å². The molecule has 0 saturated carbocycles. The standard InChI is InChI=1S/C15H30N2O4/c1-4-5-6-7-9-12(2)16-15(20)17-13(14(18)19)10-8-11-21-3/h12-13H,4-11H2,1-3H3,(H,18,19)(H2,16,17,20). The fraction of sp³-hybridized carbons (Fsp3) is 0.867. The molecule has 0 saturated heterocycles. The van der Waals surface area contributed by atoms with Gasteiger partial charge in [0, 0.05) is 19.8 Å². The largest absolute Gasteiger partial charge is 0.480 e. The number of carbonyl (C=O) groups excluding carboxylic acids is 1. The van der Waals surface area contributed by atoms with Gasteiger partial charge in [0.25, 0.3) is 0 Å². The molecule has 124 valence electrons. The Morgan fingerprint density at radius 1 is 1.10 bits per heavy atom. The number of carboxylic acids is 1. The molecule has 2 amide bonds. The highest BCUT2D eigenvalue weighted by molar-refractivity contribution is 5.82. The number of hydrogen-bond acceptors (Lipinski definition) is 3. The Morgan fingerprint density at radius 2 is 1.81 bits per heavy atom. The smallest absolute Gasteiger partial charge is 0.326 e. The van der Waals surface area contributed by atoms with Crippen LogP contribution in [0.1, 0.15) is 58.8 Å². The van der Waals surface area contributed by atoms with Gasteiger partial charge in [0.15, 0.2) is 0 Å². The molecular weight excluding hydrogens is 272 g/mol. The Morgan fingerprint density at radius 3 is 2.38 bits per heavy atom. The number of unbranched alkanes of at least 4 members (excludes halogenated alkanes) is 3. The number of carboxylic acid groups (broad SMARTS) is 1. The molecule has 0 bridgehead atoms. The van der Waals surface area contributed by atoms with Crippen molar-refractivity contribution in [2.24, 2.45) is 0 Å². The number of urea groups is 1. The highest BCUT2D eigenvalue weighted by Gasteiger charge is 2.20. The first-order chi connectivity index (χ1) is 10.0. The van der Waals surface area contributed by atoms with E-state index in [1.54, 1.807) is 7.11 Å². The molecule has 3 N–H and O–H groups in total. The zero-order chi connectivity index (χ0) is 16.1. The summed E-state index contributed by atoms with van der Waals surface area (Å²) in [4.78, 5) is 22.8. The van der Waals surface area contributed by atoms with Crippen LogP contribution in [-0.2, 0) is 9.53 Å². The van der Waals surface area contributed by atoms with Gasteiger partial charge in [0.1, 0.15) is 6.04 Å². The summed E-state index contributed by atoms with van der Waals surface area (Å²) in [5.41, 5.74) is 0. The molecule has 6 heteroatoms. The molecule has 0 radical (unpaired) electrons. The molecule has 0 aliphatic heterocycles. The minimum absolute atomic E-state index is 0.0512. The van der Waals surface area contributed by atoms with Crippen LogP contribution >= 0.6 is 0 Å². The fourth-order valence-corrected chi connectivity index (χ4v) is 2.06. The number of nitrogens with one attached hydrogen (secondary N) is 2. The monoisotopic (exact) mass is 302 g/mol. The maximum atomic E-state index is 11.8. The molecule has 0 aromatic heterocycles. The quantitative estimate of drug-likeness (QED) is 0.483. The number of rotatable bonds is 12. The Hall–Kier alpha value is -1.30. The predicted molar refractivity (Wildman–Crippen MR) is 82.4 cm³/mol. The van der Waals surface area contributed by atoms with Gasteiger partial charge in [-0.2, -0.15) is 0 Å². The zero-order valence-corrected chi connectivity index (χ0v) is 13.5. The van der Waals surface area contributed by atoms with Gasteiger partial charge in [-0.15, -0.1) is 0 Å². The van der Waals surface area contributed by atoms with Crippen LogP contribution in [0.4, 0.5) is 4.79 Å². The van der Waals surface area contributed by atoms with Crippen molar-refractivity contribution in [3.05, 3.63) is 0 Å². The summed E-state index contributed by atoms with van der Waals surface area (Å²) in [6.07, 6.45) is 6.50. The summed E-state index contributed by atoms with van der Waals surface area (Å²) in [5, 5.41) is 14.4. The van der Waals surface area contributed by atoms with E-state index in [1.807, 2.05) is 6.92 Å². The first kappa shape index (κ1) is 19.7. The zero-order valence-electron chi connectivity index (χ0n) is 13.5. The Balaban J connectivity index is 3.98. The van der Waals surface area contributed by atoms with Crippen molar-refractivity contribution >= 4 is 12.0 Å². The molecular formula is C15H30N2O4. The lowest BCUT2D eigenvalue weighted by molar-refractivity contribution is -0.139.